The van der Waals surface area contributed by atoms with Gasteiger partial charge >= 0.3 is 0 Å². The van der Waals surface area contributed by atoms with E-state index in [1.54, 1.807) is 0 Å². The third-order valence-electron chi connectivity index (χ3n) is 11.8. The summed E-state index contributed by atoms with van der Waals surface area (Å²) in [6.45, 7) is 0. The minimum atomic E-state index is 0.570. The summed E-state index contributed by atoms with van der Waals surface area (Å²) in [5, 5.41) is 4.86. The number of hydrogen-bond donors (Lipinski definition) is 0. The van der Waals surface area contributed by atoms with Crippen molar-refractivity contribution >= 4 is 43.6 Å². The van der Waals surface area contributed by atoms with Crippen LogP contribution in [-0.4, -0.2) is 29.1 Å². The van der Waals surface area contributed by atoms with E-state index in [9.17, 15) is 0 Å². The molecule has 0 aliphatic carbocycles. The second kappa shape index (κ2) is 14.7. The molecule has 0 spiro atoms. The summed E-state index contributed by atoms with van der Waals surface area (Å²) >= 11 is 0. The van der Waals surface area contributed by atoms with Crippen molar-refractivity contribution in [3.63, 3.8) is 0 Å². The van der Waals surface area contributed by atoms with Gasteiger partial charge in [-0.1, -0.05) is 152 Å². The number of para-hydroxylation sites is 3. The number of pyridine rings is 1. The molecule has 0 aliphatic rings. The van der Waals surface area contributed by atoms with Crippen LogP contribution in [-0.2, 0) is 0 Å². The first-order valence-electron chi connectivity index (χ1n) is 20.8. The van der Waals surface area contributed by atoms with Crippen molar-refractivity contribution in [2.45, 2.75) is 0 Å². The highest BCUT2D eigenvalue weighted by atomic mass is 15.0. The van der Waals surface area contributed by atoms with Crippen molar-refractivity contribution in [1.29, 1.82) is 0 Å². The Labute approximate surface area is 357 Å². The van der Waals surface area contributed by atoms with Gasteiger partial charge in [0.25, 0.3) is 0 Å². The van der Waals surface area contributed by atoms with Crippen LogP contribution in [0.5, 0.6) is 0 Å². The van der Waals surface area contributed by atoms with Gasteiger partial charge in [-0.2, -0.15) is 0 Å². The number of benzene rings is 8. The van der Waals surface area contributed by atoms with E-state index in [2.05, 4.69) is 155 Å². The van der Waals surface area contributed by atoms with E-state index in [1.807, 2.05) is 73.1 Å². The van der Waals surface area contributed by atoms with Gasteiger partial charge in [0.1, 0.15) is 0 Å². The van der Waals surface area contributed by atoms with Gasteiger partial charge in [0.15, 0.2) is 17.5 Å². The molecule has 12 rings (SSSR count). The van der Waals surface area contributed by atoms with Crippen molar-refractivity contribution in [2.75, 3.05) is 0 Å². The van der Waals surface area contributed by atoms with Gasteiger partial charge < -0.3 is 9.13 Å². The number of nitrogens with zero attached hydrogens (tertiary/aromatic N) is 6. The van der Waals surface area contributed by atoms with Crippen LogP contribution >= 0.6 is 0 Å². The molecule has 0 N–H and O–H groups in total. The third kappa shape index (κ3) is 5.96. The lowest BCUT2D eigenvalue weighted by Gasteiger charge is -2.13. The van der Waals surface area contributed by atoms with Gasteiger partial charge in [0, 0.05) is 67.6 Å². The van der Waals surface area contributed by atoms with Crippen LogP contribution in [0.2, 0.25) is 0 Å². The fourth-order valence-corrected chi connectivity index (χ4v) is 9.01. The molecule has 290 valence electrons. The van der Waals surface area contributed by atoms with Crippen LogP contribution < -0.4 is 0 Å². The van der Waals surface area contributed by atoms with Crippen LogP contribution in [0.1, 0.15) is 0 Å². The lowest BCUT2D eigenvalue weighted by atomic mass is 9.99. The molecule has 6 nitrogen and oxygen atoms in total. The predicted molar refractivity (Wildman–Crippen MR) is 253 cm³/mol. The van der Waals surface area contributed by atoms with Crippen molar-refractivity contribution < 1.29 is 0 Å². The van der Waals surface area contributed by atoms with Crippen LogP contribution in [0.25, 0.3) is 111 Å². The van der Waals surface area contributed by atoms with E-state index in [0.717, 1.165) is 55.8 Å². The smallest absolute Gasteiger partial charge is 0.165 e. The maximum atomic E-state index is 4.98. The number of hydrogen-bond acceptors (Lipinski definition) is 4. The lowest BCUT2D eigenvalue weighted by Crippen LogP contribution is -2.00. The highest BCUT2D eigenvalue weighted by molar-refractivity contribution is 6.16. The summed E-state index contributed by atoms with van der Waals surface area (Å²) in [5.41, 5.74) is 13.9. The molecule has 0 bridgehead atoms. The molecule has 0 saturated carbocycles. The summed E-state index contributed by atoms with van der Waals surface area (Å²) < 4.78 is 4.77. The van der Waals surface area contributed by atoms with E-state index in [-0.39, 0.29) is 0 Å². The zero-order valence-electron chi connectivity index (χ0n) is 33.5. The summed E-state index contributed by atoms with van der Waals surface area (Å²) in [4.78, 5) is 19.6. The lowest BCUT2D eigenvalue weighted by molar-refractivity contribution is 1.07. The summed E-state index contributed by atoms with van der Waals surface area (Å²) in [6.07, 6.45) is 3.75. The number of aromatic nitrogens is 6. The molecule has 0 radical (unpaired) electrons. The average Bonchev–Trinajstić information content (AvgIpc) is 3.87. The predicted octanol–water partition coefficient (Wildman–Crippen LogP) is 13.8. The second-order valence-corrected chi connectivity index (χ2v) is 15.5. The molecule has 0 fully saturated rings. The van der Waals surface area contributed by atoms with Crippen molar-refractivity contribution in [3.8, 4) is 67.8 Å². The zero-order valence-corrected chi connectivity index (χ0v) is 33.5. The molecule has 0 atom stereocenters. The fraction of sp³-hybridized carbons (Fsp3) is 0. The largest absolute Gasteiger partial charge is 0.309 e. The maximum absolute atomic E-state index is 4.98. The Bertz CT molecular complexity index is 3570. The summed E-state index contributed by atoms with van der Waals surface area (Å²) in [5.74, 6) is 1.80. The molecule has 4 heterocycles. The third-order valence-corrected chi connectivity index (χ3v) is 11.8. The summed E-state index contributed by atoms with van der Waals surface area (Å²) in [6, 6.07) is 72.6. The highest BCUT2D eigenvalue weighted by Crippen LogP contribution is 2.41. The first-order valence-corrected chi connectivity index (χ1v) is 20.8. The molecular formula is C56H36N6. The standard InChI is InChI=1S/C56H36N6/c1-4-16-37(17-5-1)54-58-55(38-18-6-2-7-19-38)60-56(59-54)42-32-41(35-57-36-42)39-30-31-47-46-24-10-12-27-49(46)62(52(47)34-39)44-23-14-20-40(33-44)45-26-15-29-51-53(45)48-25-11-13-28-50(48)61(51)43-21-8-3-9-22-43/h1-36H. The van der Waals surface area contributed by atoms with Crippen LogP contribution in [0, 0.1) is 0 Å². The number of fused-ring (bicyclic) bond motifs is 6. The van der Waals surface area contributed by atoms with Gasteiger partial charge in [-0.15, -0.1) is 0 Å². The first kappa shape index (κ1) is 35.5. The quantitative estimate of drug-likeness (QED) is 0.161. The molecule has 6 heteroatoms. The Hall–Kier alpha value is -8.48. The van der Waals surface area contributed by atoms with Crippen LogP contribution in [0.3, 0.4) is 0 Å². The van der Waals surface area contributed by atoms with Crippen LogP contribution in [0.15, 0.2) is 219 Å². The van der Waals surface area contributed by atoms with E-state index < -0.39 is 0 Å². The monoisotopic (exact) mass is 792 g/mol. The molecule has 12 aromatic rings. The minimum Gasteiger partial charge on any atom is -0.309 e. The zero-order chi connectivity index (χ0) is 41.0. The van der Waals surface area contributed by atoms with Crippen molar-refractivity contribution in [3.05, 3.63) is 219 Å². The van der Waals surface area contributed by atoms with Gasteiger partial charge in [-0.25, -0.2) is 15.0 Å². The SMILES string of the molecule is c1ccc(-c2nc(-c3ccccc3)nc(-c3cncc(-c4ccc5c6ccccc6n(-c6cccc(-c7cccc8c7c7ccccc7n8-c7ccccc7)c6)c5c4)c3)n2)cc1. The molecule has 0 aliphatic heterocycles. The highest BCUT2D eigenvalue weighted by Gasteiger charge is 2.19. The molecule has 4 aromatic heterocycles. The first-order chi connectivity index (χ1) is 30.7. The van der Waals surface area contributed by atoms with E-state index in [0.29, 0.717) is 17.5 Å². The topological polar surface area (TPSA) is 61.4 Å². The molecular weight excluding hydrogens is 757 g/mol. The van der Waals surface area contributed by atoms with Gasteiger partial charge in [0.05, 0.1) is 22.1 Å². The Morgan fingerprint density at radius 1 is 0.290 bits per heavy atom. The molecule has 8 aromatic carbocycles. The van der Waals surface area contributed by atoms with Gasteiger partial charge in [0.2, 0.25) is 0 Å². The van der Waals surface area contributed by atoms with Crippen LogP contribution in [0.4, 0.5) is 0 Å². The Kier molecular flexibility index (Phi) is 8.38. The van der Waals surface area contributed by atoms with Gasteiger partial charge in [-0.05, 0) is 71.3 Å². The van der Waals surface area contributed by atoms with Crippen molar-refractivity contribution in [1.82, 2.24) is 29.1 Å². The van der Waals surface area contributed by atoms with Crippen molar-refractivity contribution in [2.24, 2.45) is 0 Å². The normalized spacial score (nSPS) is 11.5. The summed E-state index contributed by atoms with van der Waals surface area (Å²) in [7, 11) is 0. The van der Waals surface area contributed by atoms with E-state index in [4.69, 9.17) is 19.9 Å². The average molecular weight is 793 g/mol. The van der Waals surface area contributed by atoms with Gasteiger partial charge in [-0.3, -0.25) is 4.98 Å². The Morgan fingerprint density at radius 3 is 1.53 bits per heavy atom. The molecule has 0 unspecified atom stereocenters. The second-order valence-electron chi connectivity index (χ2n) is 15.5. The maximum Gasteiger partial charge on any atom is 0.165 e. The molecule has 0 saturated heterocycles. The van der Waals surface area contributed by atoms with E-state index >= 15 is 0 Å². The Balaban J connectivity index is 0.998. The molecule has 0 amide bonds. The fourth-order valence-electron chi connectivity index (χ4n) is 9.01. The number of rotatable bonds is 7. The van der Waals surface area contributed by atoms with E-state index in [1.165, 1.54) is 38.1 Å². The molecule has 62 heavy (non-hydrogen) atoms. The Morgan fingerprint density at radius 2 is 0.806 bits per heavy atom. The minimum absolute atomic E-state index is 0.570.